The van der Waals surface area contributed by atoms with Crippen molar-refractivity contribution in [2.45, 2.75) is 6.10 Å². The Balaban J connectivity index is 2.08. The molecule has 1 aromatic heterocycles. The zero-order valence-corrected chi connectivity index (χ0v) is 11.3. The summed E-state index contributed by atoms with van der Waals surface area (Å²) in [5.74, 6) is -0.371. The van der Waals surface area contributed by atoms with Crippen LogP contribution in [0.3, 0.4) is 0 Å². The van der Waals surface area contributed by atoms with Gasteiger partial charge in [-0.15, -0.1) is 0 Å². The van der Waals surface area contributed by atoms with Gasteiger partial charge in [0.1, 0.15) is 6.10 Å². The van der Waals surface area contributed by atoms with Gasteiger partial charge in [0.15, 0.2) is 11.6 Å². The highest BCUT2D eigenvalue weighted by atomic mass is 19.1. The molecule has 1 heterocycles. The van der Waals surface area contributed by atoms with E-state index in [1.54, 1.807) is 30.6 Å². The van der Waals surface area contributed by atoms with E-state index in [0.717, 1.165) is 0 Å². The largest absolute Gasteiger partial charge is 0.494 e. The van der Waals surface area contributed by atoms with E-state index in [1.807, 2.05) is 6.07 Å². The van der Waals surface area contributed by atoms with Gasteiger partial charge < -0.3 is 9.84 Å². The molecule has 0 bridgehead atoms. The fourth-order valence-electron chi connectivity index (χ4n) is 2.27. The van der Waals surface area contributed by atoms with Crippen LogP contribution in [0.25, 0.3) is 11.0 Å². The second-order valence-electron chi connectivity index (χ2n) is 4.57. The lowest BCUT2D eigenvalue weighted by Crippen LogP contribution is -2.03. The van der Waals surface area contributed by atoms with E-state index in [1.165, 1.54) is 19.2 Å². The molecule has 106 valence electrons. The topological polar surface area (TPSA) is 55.2 Å². The summed E-state index contributed by atoms with van der Waals surface area (Å²) in [6, 6.07) is 9.73. The van der Waals surface area contributed by atoms with Crippen LogP contribution in [0, 0.1) is 5.82 Å². The van der Waals surface area contributed by atoms with Crippen LogP contribution in [-0.2, 0) is 0 Å². The Bertz CT molecular complexity index is 787. The van der Waals surface area contributed by atoms with Crippen molar-refractivity contribution in [3.63, 3.8) is 0 Å². The van der Waals surface area contributed by atoms with Crippen LogP contribution in [0.15, 0.2) is 48.8 Å². The molecule has 1 atom stereocenters. The highest BCUT2D eigenvalue weighted by Crippen LogP contribution is 2.29. The average Bonchev–Trinajstić information content (AvgIpc) is 2.53. The van der Waals surface area contributed by atoms with Gasteiger partial charge in [0, 0.05) is 18.0 Å². The Morgan fingerprint density at radius 3 is 2.71 bits per heavy atom. The molecule has 5 heteroatoms. The maximum Gasteiger partial charge on any atom is 0.165 e. The normalized spacial score (nSPS) is 12.3. The number of nitrogens with zero attached hydrogens (tertiary/aromatic N) is 2. The minimum atomic E-state index is -0.981. The van der Waals surface area contributed by atoms with Crippen LogP contribution in [-0.4, -0.2) is 22.2 Å². The zero-order chi connectivity index (χ0) is 14.8. The lowest BCUT2D eigenvalue weighted by atomic mass is 10.00. The first-order valence-corrected chi connectivity index (χ1v) is 6.42. The molecule has 0 aliphatic heterocycles. The fraction of sp³-hybridized carbons (Fsp3) is 0.125. The number of halogens is 1. The molecule has 0 saturated carbocycles. The van der Waals surface area contributed by atoms with Gasteiger partial charge in [0.2, 0.25) is 0 Å². The maximum absolute atomic E-state index is 13.8. The molecule has 0 aliphatic rings. The standard InChI is InChI=1S/C16H13FN2O2/c1-21-14-6-5-10(9-12(14)17)16(20)11-3-2-4-13-15(11)19-8-7-18-13/h2-9,16,20H,1H3. The minimum Gasteiger partial charge on any atom is -0.494 e. The second kappa shape index (κ2) is 5.46. The quantitative estimate of drug-likeness (QED) is 0.803. The number of fused-ring (bicyclic) bond motifs is 1. The Morgan fingerprint density at radius 1 is 1.14 bits per heavy atom. The van der Waals surface area contributed by atoms with E-state index in [0.29, 0.717) is 22.2 Å². The molecule has 3 aromatic rings. The molecule has 1 N–H and O–H groups in total. The number of hydrogen-bond donors (Lipinski definition) is 1. The summed E-state index contributed by atoms with van der Waals surface area (Å²) in [5, 5.41) is 10.5. The van der Waals surface area contributed by atoms with Crippen molar-refractivity contribution in [2.24, 2.45) is 0 Å². The zero-order valence-electron chi connectivity index (χ0n) is 11.3. The highest BCUT2D eigenvalue weighted by Gasteiger charge is 2.16. The molecule has 21 heavy (non-hydrogen) atoms. The molecule has 2 aromatic carbocycles. The lowest BCUT2D eigenvalue weighted by molar-refractivity contribution is 0.221. The number of aromatic nitrogens is 2. The molecule has 3 rings (SSSR count). The summed E-state index contributed by atoms with van der Waals surface area (Å²) < 4.78 is 18.7. The van der Waals surface area contributed by atoms with Crippen molar-refractivity contribution < 1.29 is 14.2 Å². The number of aliphatic hydroxyl groups excluding tert-OH is 1. The molecule has 0 spiro atoms. The van der Waals surface area contributed by atoms with Crippen LogP contribution >= 0.6 is 0 Å². The van der Waals surface area contributed by atoms with Crippen LogP contribution in [0.1, 0.15) is 17.2 Å². The first-order valence-electron chi connectivity index (χ1n) is 6.42. The monoisotopic (exact) mass is 284 g/mol. The van der Waals surface area contributed by atoms with Crippen molar-refractivity contribution >= 4 is 11.0 Å². The van der Waals surface area contributed by atoms with Gasteiger partial charge in [0.25, 0.3) is 0 Å². The van der Waals surface area contributed by atoms with Gasteiger partial charge in [-0.05, 0) is 23.8 Å². The van der Waals surface area contributed by atoms with E-state index in [4.69, 9.17) is 4.74 Å². The molecule has 0 amide bonds. The molecule has 0 saturated heterocycles. The molecule has 0 aliphatic carbocycles. The highest BCUT2D eigenvalue weighted by molar-refractivity contribution is 5.78. The van der Waals surface area contributed by atoms with E-state index >= 15 is 0 Å². The Morgan fingerprint density at radius 2 is 1.95 bits per heavy atom. The molecule has 0 fully saturated rings. The fourth-order valence-corrected chi connectivity index (χ4v) is 2.27. The van der Waals surface area contributed by atoms with Gasteiger partial charge >= 0.3 is 0 Å². The minimum absolute atomic E-state index is 0.142. The number of methoxy groups -OCH3 is 1. The number of benzene rings is 2. The van der Waals surface area contributed by atoms with E-state index in [2.05, 4.69) is 9.97 Å². The molecule has 1 unspecified atom stereocenters. The van der Waals surface area contributed by atoms with Crippen molar-refractivity contribution in [2.75, 3.05) is 7.11 Å². The number of rotatable bonds is 3. The lowest BCUT2D eigenvalue weighted by Gasteiger charge is -2.14. The Labute approximate surface area is 120 Å². The summed E-state index contributed by atoms with van der Waals surface area (Å²) in [7, 11) is 1.40. The average molecular weight is 284 g/mol. The number of hydrogen-bond acceptors (Lipinski definition) is 4. The van der Waals surface area contributed by atoms with Gasteiger partial charge in [0.05, 0.1) is 18.1 Å². The van der Waals surface area contributed by atoms with Crippen LogP contribution < -0.4 is 4.74 Å². The van der Waals surface area contributed by atoms with Gasteiger partial charge in [-0.1, -0.05) is 18.2 Å². The number of ether oxygens (including phenoxy) is 1. The summed E-state index contributed by atoms with van der Waals surface area (Å²) >= 11 is 0. The molecule has 4 nitrogen and oxygen atoms in total. The second-order valence-corrected chi connectivity index (χ2v) is 4.57. The van der Waals surface area contributed by atoms with Crippen molar-refractivity contribution in [3.8, 4) is 5.75 Å². The molecular weight excluding hydrogens is 271 g/mol. The Kier molecular flexibility index (Phi) is 3.50. The number of para-hydroxylation sites is 1. The van der Waals surface area contributed by atoms with Crippen molar-refractivity contribution in [1.82, 2.24) is 9.97 Å². The maximum atomic E-state index is 13.8. The summed E-state index contributed by atoms with van der Waals surface area (Å²) in [6.45, 7) is 0. The van der Waals surface area contributed by atoms with Gasteiger partial charge in [-0.25, -0.2) is 4.39 Å². The van der Waals surface area contributed by atoms with Crippen LogP contribution in [0.4, 0.5) is 4.39 Å². The molecular formula is C16H13FN2O2. The third-order valence-corrected chi connectivity index (χ3v) is 3.32. The predicted molar refractivity (Wildman–Crippen MR) is 76.6 cm³/mol. The van der Waals surface area contributed by atoms with E-state index in [9.17, 15) is 9.50 Å². The summed E-state index contributed by atoms with van der Waals surface area (Å²) in [5.41, 5.74) is 2.31. The van der Waals surface area contributed by atoms with E-state index in [-0.39, 0.29) is 5.75 Å². The van der Waals surface area contributed by atoms with Crippen LogP contribution in [0.2, 0.25) is 0 Å². The number of aliphatic hydroxyl groups is 1. The van der Waals surface area contributed by atoms with Crippen molar-refractivity contribution in [1.29, 1.82) is 0 Å². The summed E-state index contributed by atoms with van der Waals surface area (Å²) in [4.78, 5) is 8.44. The van der Waals surface area contributed by atoms with E-state index < -0.39 is 11.9 Å². The third-order valence-electron chi connectivity index (χ3n) is 3.32. The first kappa shape index (κ1) is 13.5. The molecule has 0 radical (unpaired) electrons. The first-order chi connectivity index (χ1) is 10.2. The van der Waals surface area contributed by atoms with Gasteiger partial charge in [-0.3, -0.25) is 9.97 Å². The summed E-state index contributed by atoms with van der Waals surface area (Å²) in [6.07, 6.45) is 2.17. The SMILES string of the molecule is COc1ccc(C(O)c2cccc3nccnc23)cc1F. The predicted octanol–water partition coefficient (Wildman–Crippen LogP) is 2.86. The van der Waals surface area contributed by atoms with Crippen LogP contribution in [0.5, 0.6) is 5.75 Å². The third kappa shape index (κ3) is 2.43. The van der Waals surface area contributed by atoms with Crippen molar-refractivity contribution in [3.05, 3.63) is 65.7 Å². The smallest absolute Gasteiger partial charge is 0.165 e. The van der Waals surface area contributed by atoms with Gasteiger partial charge in [-0.2, -0.15) is 0 Å². The Hall–Kier alpha value is -2.53.